The molecule has 1 aliphatic heterocycles. The number of rotatable bonds is 5. The van der Waals surface area contributed by atoms with E-state index in [1.165, 1.54) is 7.11 Å². The second-order valence-corrected chi connectivity index (χ2v) is 4.56. The molecule has 9 heteroatoms. The van der Waals surface area contributed by atoms with Gasteiger partial charge in [-0.15, -0.1) is 0 Å². The minimum absolute atomic E-state index is 0.0519. The maximum atomic E-state index is 12.2. The number of methoxy groups -OCH3 is 1. The van der Waals surface area contributed by atoms with Gasteiger partial charge in [0.1, 0.15) is 6.04 Å². The van der Waals surface area contributed by atoms with Crippen molar-refractivity contribution in [3.05, 3.63) is 0 Å². The van der Waals surface area contributed by atoms with Crippen molar-refractivity contribution in [2.24, 2.45) is 0 Å². The van der Waals surface area contributed by atoms with E-state index in [2.05, 4.69) is 20.3 Å². The minimum Gasteiger partial charge on any atom is -0.467 e. The minimum atomic E-state index is -0.489. The smallest absolute Gasteiger partial charge is 0.322 e. The van der Waals surface area contributed by atoms with Crippen molar-refractivity contribution in [3.8, 4) is 6.01 Å². The highest BCUT2D eigenvalue weighted by Crippen LogP contribution is 2.18. The molecule has 1 atom stereocenters. The molecule has 3 N–H and O–H groups in total. The lowest BCUT2D eigenvalue weighted by Gasteiger charge is -2.34. The van der Waals surface area contributed by atoms with E-state index < -0.39 is 6.04 Å². The summed E-state index contributed by atoms with van der Waals surface area (Å²) in [6.45, 7) is 3.88. The lowest BCUT2D eigenvalue weighted by Crippen LogP contribution is -2.54. The van der Waals surface area contributed by atoms with Gasteiger partial charge in [-0.05, 0) is 6.42 Å². The van der Waals surface area contributed by atoms with Crippen LogP contribution in [0.2, 0.25) is 0 Å². The number of anilines is 2. The Kier molecular flexibility index (Phi) is 5.09. The Balaban J connectivity index is 2.21. The predicted molar refractivity (Wildman–Crippen MR) is 76.0 cm³/mol. The maximum Gasteiger partial charge on any atom is 0.322 e. The quantitative estimate of drug-likeness (QED) is 0.725. The molecule has 2 rings (SSSR count). The summed E-state index contributed by atoms with van der Waals surface area (Å²) in [5.74, 6) is 0.254. The molecule has 0 radical (unpaired) electrons. The topological polar surface area (TPSA) is 115 Å². The van der Waals surface area contributed by atoms with Crippen LogP contribution in [0.1, 0.15) is 13.3 Å². The average Bonchev–Trinajstić information content (AvgIpc) is 2.51. The van der Waals surface area contributed by atoms with Gasteiger partial charge < -0.3 is 25.4 Å². The van der Waals surface area contributed by atoms with Crippen LogP contribution >= 0.6 is 0 Å². The molecule has 9 nitrogen and oxygen atoms in total. The molecule has 1 fully saturated rings. The van der Waals surface area contributed by atoms with E-state index in [1.807, 2.05) is 6.92 Å². The monoisotopic (exact) mass is 296 g/mol. The largest absolute Gasteiger partial charge is 0.467 e. The molecule has 1 aliphatic rings. The first-order valence-corrected chi connectivity index (χ1v) is 6.83. The van der Waals surface area contributed by atoms with Crippen molar-refractivity contribution < 1.29 is 14.3 Å². The number of aromatic nitrogens is 3. The number of nitrogens with two attached hydrogens (primary N) is 1. The molecule has 1 aromatic rings. The molecule has 1 aromatic heterocycles. The molecule has 1 unspecified atom stereocenters. The van der Waals surface area contributed by atoms with Gasteiger partial charge in [-0.1, -0.05) is 6.92 Å². The first kappa shape index (κ1) is 15.2. The van der Waals surface area contributed by atoms with Crippen LogP contribution in [0, 0.1) is 0 Å². The molecule has 116 valence electrons. The highest BCUT2D eigenvalue weighted by atomic mass is 16.5. The van der Waals surface area contributed by atoms with E-state index in [0.29, 0.717) is 25.6 Å². The van der Waals surface area contributed by atoms with Crippen molar-refractivity contribution in [2.75, 3.05) is 44.0 Å². The van der Waals surface area contributed by atoms with E-state index in [9.17, 15) is 4.79 Å². The van der Waals surface area contributed by atoms with E-state index in [1.54, 1.807) is 4.90 Å². The number of nitrogen functional groups attached to an aromatic ring is 1. The molecular formula is C12H20N6O3. The Hall–Kier alpha value is -2.16. The molecular weight excluding hydrogens is 276 g/mol. The SMILES string of the molecule is CCCNC(=O)C1COCCN1c1nc(N)nc(OC)n1. The summed E-state index contributed by atoms with van der Waals surface area (Å²) in [4.78, 5) is 26.1. The lowest BCUT2D eigenvalue weighted by molar-refractivity contribution is -0.124. The highest BCUT2D eigenvalue weighted by molar-refractivity contribution is 5.85. The molecule has 0 bridgehead atoms. The number of carbonyl (C=O) groups excluding carboxylic acids is 1. The Morgan fingerprint density at radius 3 is 3.05 bits per heavy atom. The number of hydrogen-bond acceptors (Lipinski definition) is 8. The summed E-state index contributed by atoms with van der Waals surface area (Å²) >= 11 is 0. The lowest BCUT2D eigenvalue weighted by atomic mass is 10.2. The van der Waals surface area contributed by atoms with E-state index in [-0.39, 0.29) is 24.5 Å². The standard InChI is InChI=1S/C12H20N6O3/c1-3-4-14-9(19)8-7-21-6-5-18(8)11-15-10(13)16-12(17-11)20-2/h8H,3-7H2,1-2H3,(H,14,19)(H2,13,15,16,17). The summed E-state index contributed by atoms with van der Waals surface area (Å²) in [7, 11) is 1.45. The summed E-state index contributed by atoms with van der Waals surface area (Å²) in [6, 6.07) is -0.367. The Bertz CT molecular complexity index is 498. The fourth-order valence-corrected chi connectivity index (χ4v) is 2.01. The van der Waals surface area contributed by atoms with Crippen LogP contribution in [0.3, 0.4) is 0 Å². The van der Waals surface area contributed by atoms with Gasteiger partial charge in [0.25, 0.3) is 0 Å². The van der Waals surface area contributed by atoms with Gasteiger partial charge in [0.15, 0.2) is 0 Å². The zero-order valence-corrected chi connectivity index (χ0v) is 12.2. The van der Waals surface area contributed by atoms with Gasteiger partial charge in [-0.3, -0.25) is 4.79 Å². The summed E-state index contributed by atoms with van der Waals surface area (Å²) < 4.78 is 10.4. The molecule has 1 amide bonds. The van der Waals surface area contributed by atoms with Gasteiger partial charge in [0.2, 0.25) is 17.8 Å². The van der Waals surface area contributed by atoms with Crippen LogP contribution < -0.4 is 20.7 Å². The molecule has 0 saturated carbocycles. The number of nitrogens with zero attached hydrogens (tertiary/aromatic N) is 4. The molecule has 2 heterocycles. The highest BCUT2D eigenvalue weighted by Gasteiger charge is 2.31. The predicted octanol–water partition coefficient (Wildman–Crippen LogP) is -0.806. The number of amides is 1. The number of ether oxygens (including phenoxy) is 2. The molecule has 0 aliphatic carbocycles. The average molecular weight is 296 g/mol. The third-order valence-corrected chi connectivity index (χ3v) is 3.04. The normalized spacial score (nSPS) is 18.4. The third-order valence-electron chi connectivity index (χ3n) is 3.04. The molecule has 21 heavy (non-hydrogen) atoms. The van der Waals surface area contributed by atoms with Gasteiger partial charge in [-0.2, -0.15) is 15.0 Å². The van der Waals surface area contributed by atoms with Crippen LogP contribution in [-0.2, 0) is 9.53 Å². The van der Waals surface area contributed by atoms with E-state index in [0.717, 1.165) is 6.42 Å². The first-order valence-electron chi connectivity index (χ1n) is 6.83. The fourth-order valence-electron chi connectivity index (χ4n) is 2.01. The first-order chi connectivity index (χ1) is 10.2. The van der Waals surface area contributed by atoms with Crippen LogP contribution in [0.25, 0.3) is 0 Å². The van der Waals surface area contributed by atoms with Crippen molar-refractivity contribution >= 4 is 17.8 Å². The fraction of sp³-hybridized carbons (Fsp3) is 0.667. The van der Waals surface area contributed by atoms with Gasteiger partial charge in [0, 0.05) is 13.1 Å². The van der Waals surface area contributed by atoms with Crippen LogP contribution in [-0.4, -0.2) is 60.3 Å². The van der Waals surface area contributed by atoms with Gasteiger partial charge in [0.05, 0.1) is 20.3 Å². The maximum absolute atomic E-state index is 12.2. The Labute approximate surface area is 122 Å². The summed E-state index contributed by atoms with van der Waals surface area (Å²) in [6.07, 6.45) is 0.867. The Morgan fingerprint density at radius 1 is 1.52 bits per heavy atom. The number of nitrogens with one attached hydrogen (secondary N) is 1. The summed E-state index contributed by atoms with van der Waals surface area (Å²) in [5, 5.41) is 2.85. The van der Waals surface area contributed by atoms with Crippen molar-refractivity contribution in [1.29, 1.82) is 0 Å². The van der Waals surface area contributed by atoms with Crippen molar-refractivity contribution in [2.45, 2.75) is 19.4 Å². The third kappa shape index (κ3) is 3.69. The second kappa shape index (κ2) is 7.02. The second-order valence-electron chi connectivity index (χ2n) is 4.56. The molecule has 0 spiro atoms. The summed E-state index contributed by atoms with van der Waals surface area (Å²) in [5.41, 5.74) is 5.64. The van der Waals surface area contributed by atoms with Crippen LogP contribution in [0.4, 0.5) is 11.9 Å². The van der Waals surface area contributed by atoms with Crippen molar-refractivity contribution in [3.63, 3.8) is 0 Å². The van der Waals surface area contributed by atoms with Crippen LogP contribution in [0.15, 0.2) is 0 Å². The zero-order valence-electron chi connectivity index (χ0n) is 12.2. The van der Waals surface area contributed by atoms with Gasteiger partial charge in [-0.25, -0.2) is 0 Å². The van der Waals surface area contributed by atoms with E-state index >= 15 is 0 Å². The van der Waals surface area contributed by atoms with E-state index in [4.69, 9.17) is 15.2 Å². The van der Waals surface area contributed by atoms with Crippen molar-refractivity contribution in [1.82, 2.24) is 20.3 Å². The van der Waals surface area contributed by atoms with Crippen LogP contribution in [0.5, 0.6) is 6.01 Å². The molecule has 0 aromatic carbocycles. The molecule has 1 saturated heterocycles. The zero-order chi connectivity index (χ0) is 15.2. The number of hydrogen-bond donors (Lipinski definition) is 2. The van der Waals surface area contributed by atoms with Gasteiger partial charge >= 0.3 is 6.01 Å². The number of morpholine rings is 1. The Morgan fingerprint density at radius 2 is 2.33 bits per heavy atom. The number of carbonyl (C=O) groups is 1.